The summed E-state index contributed by atoms with van der Waals surface area (Å²) in [7, 11) is 0. The van der Waals surface area contributed by atoms with E-state index in [0.717, 1.165) is 30.7 Å². The number of hydrogen-bond acceptors (Lipinski definition) is 3. The SMILES string of the molecule is O=C(Cc1ccccc1F)N1CCC(Cc2nc(-c3ccccc3)n[nH]2)CC1. The molecule has 0 saturated carbocycles. The number of H-pyrrole nitrogens is 1. The van der Waals surface area contributed by atoms with Crippen molar-refractivity contribution >= 4 is 5.91 Å². The second kappa shape index (κ2) is 8.33. The lowest BCUT2D eigenvalue weighted by Gasteiger charge is -2.31. The summed E-state index contributed by atoms with van der Waals surface area (Å²) in [6, 6.07) is 16.4. The van der Waals surface area contributed by atoms with Crippen molar-refractivity contribution in [3.63, 3.8) is 0 Å². The van der Waals surface area contributed by atoms with Crippen LogP contribution in [0.4, 0.5) is 4.39 Å². The minimum absolute atomic E-state index is 0.00502. The summed E-state index contributed by atoms with van der Waals surface area (Å²) in [6.45, 7) is 1.41. The van der Waals surface area contributed by atoms with Crippen molar-refractivity contribution in [3.8, 4) is 11.4 Å². The van der Waals surface area contributed by atoms with Crippen LogP contribution >= 0.6 is 0 Å². The molecule has 1 saturated heterocycles. The molecule has 4 rings (SSSR count). The van der Waals surface area contributed by atoms with Crippen molar-refractivity contribution in [1.82, 2.24) is 20.1 Å². The zero-order chi connectivity index (χ0) is 19.3. The Labute approximate surface area is 163 Å². The smallest absolute Gasteiger partial charge is 0.227 e. The van der Waals surface area contributed by atoms with E-state index in [1.54, 1.807) is 18.2 Å². The first kappa shape index (κ1) is 18.3. The zero-order valence-electron chi connectivity index (χ0n) is 15.6. The average molecular weight is 378 g/mol. The van der Waals surface area contributed by atoms with Crippen LogP contribution in [0.3, 0.4) is 0 Å². The van der Waals surface area contributed by atoms with Crippen LogP contribution in [0.2, 0.25) is 0 Å². The highest BCUT2D eigenvalue weighted by Gasteiger charge is 2.24. The van der Waals surface area contributed by atoms with Gasteiger partial charge >= 0.3 is 0 Å². The van der Waals surface area contributed by atoms with Gasteiger partial charge in [0.1, 0.15) is 11.6 Å². The van der Waals surface area contributed by atoms with Crippen molar-refractivity contribution in [2.24, 2.45) is 5.92 Å². The van der Waals surface area contributed by atoms with Gasteiger partial charge in [0.25, 0.3) is 0 Å². The highest BCUT2D eigenvalue weighted by atomic mass is 19.1. The molecular formula is C22H23FN4O. The lowest BCUT2D eigenvalue weighted by molar-refractivity contribution is -0.131. The quantitative estimate of drug-likeness (QED) is 0.737. The molecule has 2 aromatic carbocycles. The van der Waals surface area contributed by atoms with Gasteiger partial charge in [-0.15, -0.1) is 0 Å². The van der Waals surface area contributed by atoms with Crippen LogP contribution in [0.15, 0.2) is 54.6 Å². The first-order chi connectivity index (χ1) is 13.7. The van der Waals surface area contributed by atoms with Gasteiger partial charge in [0.2, 0.25) is 5.91 Å². The zero-order valence-corrected chi connectivity index (χ0v) is 15.6. The summed E-state index contributed by atoms with van der Waals surface area (Å²) in [5.74, 6) is 1.75. The first-order valence-corrected chi connectivity index (χ1v) is 9.67. The normalized spacial score (nSPS) is 15.0. The van der Waals surface area contributed by atoms with Crippen LogP contribution in [0, 0.1) is 11.7 Å². The molecule has 0 bridgehead atoms. The average Bonchev–Trinajstić information content (AvgIpc) is 3.19. The molecule has 1 aromatic heterocycles. The fraction of sp³-hybridized carbons (Fsp3) is 0.318. The molecule has 1 N–H and O–H groups in total. The summed E-state index contributed by atoms with van der Waals surface area (Å²) in [5, 5.41) is 7.36. The van der Waals surface area contributed by atoms with Gasteiger partial charge in [-0.3, -0.25) is 9.89 Å². The summed E-state index contributed by atoms with van der Waals surface area (Å²) >= 11 is 0. The Morgan fingerprint density at radius 2 is 1.79 bits per heavy atom. The second-order valence-electron chi connectivity index (χ2n) is 7.27. The number of nitrogens with one attached hydrogen (secondary N) is 1. The van der Waals surface area contributed by atoms with E-state index in [4.69, 9.17) is 0 Å². The molecule has 1 aliphatic heterocycles. The molecular weight excluding hydrogens is 355 g/mol. The molecule has 6 heteroatoms. The topological polar surface area (TPSA) is 61.9 Å². The first-order valence-electron chi connectivity index (χ1n) is 9.67. The number of halogens is 1. The molecule has 0 aliphatic carbocycles. The molecule has 144 valence electrons. The number of aromatic nitrogens is 3. The third-order valence-corrected chi connectivity index (χ3v) is 5.31. The molecule has 0 radical (unpaired) electrons. The van der Waals surface area contributed by atoms with Gasteiger partial charge in [0.05, 0.1) is 6.42 Å². The van der Waals surface area contributed by atoms with Gasteiger partial charge < -0.3 is 4.90 Å². The van der Waals surface area contributed by atoms with Crippen LogP contribution in [0.5, 0.6) is 0 Å². The van der Waals surface area contributed by atoms with E-state index in [0.29, 0.717) is 30.4 Å². The molecule has 1 aliphatic rings. The van der Waals surface area contributed by atoms with Gasteiger partial charge in [-0.2, -0.15) is 5.10 Å². The lowest BCUT2D eigenvalue weighted by Crippen LogP contribution is -2.39. The van der Waals surface area contributed by atoms with E-state index in [9.17, 15) is 9.18 Å². The number of likely N-dealkylation sites (tertiary alicyclic amines) is 1. The van der Waals surface area contributed by atoms with Crippen molar-refractivity contribution in [2.75, 3.05) is 13.1 Å². The van der Waals surface area contributed by atoms with Crippen LogP contribution in [0.25, 0.3) is 11.4 Å². The predicted molar refractivity (Wildman–Crippen MR) is 105 cm³/mol. The fourth-order valence-corrected chi connectivity index (χ4v) is 3.68. The van der Waals surface area contributed by atoms with Crippen LogP contribution in [0.1, 0.15) is 24.2 Å². The third-order valence-electron chi connectivity index (χ3n) is 5.31. The predicted octanol–water partition coefficient (Wildman–Crippen LogP) is 3.63. The summed E-state index contributed by atoms with van der Waals surface area (Å²) in [4.78, 5) is 18.9. The van der Waals surface area contributed by atoms with Crippen molar-refractivity contribution in [1.29, 1.82) is 0 Å². The highest BCUT2D eigenvalue weighted by molar-refractivity contribution is 5.78. The number of rotatable bonds is 5. The molecule has 0 spiro atoms. The molecule has 1 fully saturated rings. The van der Waals surface area contributed by atoms with Gasteiger partial charge in [0.15, 0.2) is 5.82 Å². The minimum atomic E-state index is -0.315. The lowest BCUT2D eigenvalue weighted by atomic mass is 9.93. The Hall–Kier alpha value is -3.02. The van der Waals surface area contributed by atoms with E-state index in [1.807, 2.05) is 35.2 Å². The minimum Gasteiger partial charge on any atom is -0.342 e. The van der Waals surface area contributed by atoms with E-state index >= 15 is 0 Å². The number of carbonyl (C=O) groups excluding carboxylic acids is 1. The number of hydrogen-bond donors (Lipinski definition) is 1. The van der Waals surface area contributed by atoms with Crippen molar-refractivity contribution in [3.05, 3.63) is 71.8 Å². The largest absolute Gasteiger partial charge is 0.342 e. The van der Waals surface area contributed by atoms with Crippen LogP contribution < -0.4 is 0 Å². The summed E-state index contributed by atoms with van der Waals surface area (Å²) in [6.07, 6.45) is 2.80. The molecule has 0 atom stereocenters. The van der Waals surface area contributed by atoms with Crippen molar-refractivity contribution in [2.45, 2.75) is 25.7 Å². The number of nitrogens with zero attached hydrogens (tertiary/aromatic N) is 3. The maximum absolute atomic E-state index is 13.8. The number of aromatic amines is 1. The molecule has 28 heavy (non-hydrogen) atoms. The Morgan fingerprint density at radius 1 is 1.07 bits per heavy atom. The van der Waals surface area contributed by atoms with Gasteiger partial charge in [-0.05, 0) is 30.4 Å². The maximum Gasteiger partial charge on any atom is 0.227 e. The Balaban J connectivity index is 1.29. The number of carbonyl (C=O) groups is 1. The van der Waals surface area contributed by atoms with E-state index in [1.165, 1.54) is 6.07 Å². The van der Waals surface area contributed by atoms with E-state index in [2.05, 4.69) is 15.2 Å². The summed E-state index contributed by atoms with van der Waals surface area (Å²) < 4.78 is 13.8. The highest BCUT2D eigenvalue weighted by Crippen LogP contribution is 2.22. The van der Waals surface area contributed by atoms with Gasteiger partial charge in [-0.1, -0.05) is 48.5 Å². The standard InChI is InChI=1S/C22H23FN4O/c23-19-9-5-4-8-18(19)15-21(28)27-12-10-16(11-13-27)14-20-24-22(26-25-20)17-6-2-1-3-7-17/h1-9,16H,10-15H2,(H,24,25,26). The number of amides is 1. The second-order valence-corrected chi connectivity index (χ2v) is 7.27. The number of benzene rings is 2. The Bertz CT molecular complexity index is 932. The fourth-order valence-electron chi connectivity index (χ4n) is 3.68. The van der Waals surface area contributed by atoms with Gasteiger partial charge in [0, 0.05) is 25.1 Å². The molecule has 1 amide bonds. The molecule has 2 heterocycles. The monoisotopic (exact) mass is 378 g/mol. The maximum atomic E-state index is 13.8. The van der Waals surface area contributed by atoms with Crippen molar-refractivity contribution < 1.29 is 9.18 Å². The van der Waals surface area contributed by atoms with E-state index < -0.39 is 0 Å². The molecule has 0 unspecified atom stereocenters. The molecule has 3 aromatic rings. The molecule has 5 nitrogen and oxygen atoms in total. The summed E-state index contributed by atoms with van der Waals surface area (Å²) in [5.41, 5.74) is 1.46. The van der Waals surface area contributed by atoms with Gasteiger partial charge in [-0.25, -0.2) is 9.37 Å². The van der Waals surface area contributed by atoms with Crippen LogP contribution in [-0.2, 0) is 17.6 Å². The Kier molecular flexibility index (Phi) is 5.46. The third kappa shape index (κ3) is 4.27. The van der Waals surface area contributed by atoms with Crippen LogP contribution in [-0.4, -0.2) is 39.1 Å². The number of piperidine rings is 1. The Morgan fingerprint density at radius 3 is 2.54 bits per heavy atom. The van der Waals surface area contributed by atoms with E-state index in [-0.39, 0.29) is 18.1 Å².